The van der Waals surface area contributed by atoms with Crippen molar-refractivity contribution in [3.8, 4) is 0 Å². The molecule has 0 aromatic carbocycles. The molecule has 0 unspecified atom stereocenters. The zero-order valence-corrected chi connectivity index (χ0v) is 30.0. The highest BCUT2D eigenvalue weighted by Gasteiger charge is 2.06. The van der Waals surface area contributed by atoms with Crippen LogP contribution >= 0.6 is 0 Å². The number of allylic oxidation sites excluding steroid dienone is 4. The third kappa shape index (κ3) is 11.4. The number of carbonyl (C=O) groups excluding carboxylic acids is 2. The van der Waals surface area contributed by atoms with Gasteiger partial charge in [0.05, 0.1) is 51.2 Å². The van der Waals surface area contributed by atoms with E-state index in [-0.39, 0.29) is 19.0 Å². The van der Waals surface area contributed by atoms with Crippen molar-refractivity contribution in [1.29, 1.82) is 0 Å². The van der Waals surface area contributed by atoms with Crippen molar-refractivity contribution in [2.45, 2.75) is 90.5 Å². The number of aryl methyl sites for hydroxylation is 10. The van der Waals surface area contributed by atoms with Crippen LogP contribution in [0.3, 0.4) is 0 Å². The lowest BCUT2D eigenvalue weighted by Crippen LogP contribution is -2.00. The summed E-state index contributed by atoms with van der Waals surface area (Å²) in [5.74, 6) is 0.971. The number of hydrogen-bond donors (Lipinski definition) is 0. The average Bonchev–Trinajstić information content (AvgIpc) is 3.02. The summed E-state index contributed by atoms with van der Waals surface area (Å²) in [6.07, 6.45) is 12.7. The molecule has 49 heavy (non-hydrogen) atoms. The summed E-state index contributed by atoms with van der Waals surface area (Å²) in [6.45, 7) is 23.0. The molecule has 10 nitrogen and oxygen atoms in total. The Morgan fingerprint density at radius 3 is 1.18 bits per heavy atom. The average molecular weight is 661 g/mol. The molecule has 0 N–H and O–H groups in total. The minimum atomic E-state index is -0.136. The van der Waals surface area contributed by atoms with E-state index in [1.807, 2.05) is 83.1 Å². The van der Waals surface area contributed by atoms with Crippen molar-refractivity contribution in [3.05, 3.63) is 115 Å². The van der Waals surface area contributed by atoms with Gasteiger partial charge in [-0.25, -0.2) is 29.9 Å². The molecule has 0 amide bonds. The van der Waals surface area contributed by atoms with Crippen molar-refractivity contribution in [2.75, 3.05) is 0 Å². The smallest absolute Gasteiger partial charge is 0.178 e. The van der Waals surface area contributed by atoms with Gasteiger partial charge in [0.25, 0.3) is 0 Å². The van der Waals surface area contributed by atoms with Crippen molar-refractivity contribution in [3.63, 3.8) is 0 Å². The second-order valence-electron chi connectivity index (χ2n) is 11.6. The van der Waals surface area contributed by atoms with E-state index in [1.165, 1.54) is 24.3 Å². The molecule has 10 heteroatoms. The maximum atomic E-state index is 12.0. The minimum Gasteiger partial charge on any atom is -0.290 e. The summed E-state index contributed by atoms with van der Waals surface area (Å²) in [5.41, 5.74) is 12.1. The van der Waals surface area contributed by atoms with Gasteiger partial charge in [0.1, 0.15) is 5.82 Å². The first-order chi connectivity index (χ1) is 22.5. The van der Waals surface area contributed by atoms with Crippen molar-refractivity contribution >= 4 is 35.9 Å². The number of carbonyl (C=O) groups is 2. The monoisotopic (exact) mass is 660 g/mol. The van der Waals surface area contributed by atoms with Gasteiger partial charge in [-0.3, -0.25) is 19.6 Å². The van der Waals surface area contributed by atoms with Crippen LogP contribution in [0.1, 0.15) is 98.5 Å². The molecule has 0 aliphatic carbocycles. The Kier molecular flexibility index (Phi) is 14.4. The molecule has 4 heterocycles. The van der Waals surface area contributed by atoms with Gasteiger partial charge in [0, 0.05) is 17.1 Å². The minimum absolute atomic E-state index is 0. The molecule has 0 bridgehead atoms. The third-order valence-electron chi connectivity index (χ3n) is 7.84. The van der Waals surface area contributed by atoms with Crippen LogP contribution < -0.4 is 0 Å². The maximum absolute atomic E-state index is 12.0. The van der Waals surface area contributed by atoms with Gasteiger partial charge in [0.15, 0.2) is 17.4 Å². The molecule has 0 aliphatic rings. The van der Waals surface area contributed by atoms with Crippen molar-refractivity contribution in [1.82, 2.24) is 39.9 Å². The third-order valence-corrected chi connectivity index (χ3v) is 7.84. The van der Waals surface area contributed by atoms with Gasteiger partial charge in [0.2, 0.25) is 0 Å². The van der Waals surface area contributed by atoms with E-state index in [4.69, 9.17) is 0 Å². The quantitative estimate of drug-likeness (QED) is 0.175. The zero-order valence-electron chi connectivity index (χ0n) is 30.0. The Labute approximate surface area is 290 Å². The summed E-state index contributed by atoms with van der Waals surface area (Å²) < 4.78 is 0. The molecule has 4 aromatic rings. The van der Waals surface area contributed by atoms with Crippen molar-refractivity contribution in [2.24, 2.45) is 0 Å². The SMILES string of the molecule is C.Cc1nc(C)c(/C=C/C(=O)/C=C/c2nc(C)c(C)nc2C)nc1C.Cc1nc(C)c(C)c(/C=C/C(=O)/C=C/c2nc(C)c(C)c(C)n2)n1. The van der Waals surface area contributed by atoms with Crippen LogP contribution in [-0.2, 0) is 9.59 Å². The highest BCUT2D eigenvalue weighted by Crippen LogP contribution is 2.13. The predicted octanol–water partition coefficient (Wildman–Crippen LogP) is 7.46. The van der Waals surface area contributed by atoms with Crippen LogP contribution in [0, 0.1) is 83.1 Å². The molecule has 0 aliphatic heterocycles. The molecule has 0 spiro atoms. The van der Waals surface area contributed by atoms with Crippen LogP contribution in [0.2, 0.25) is 0 Å². The largest absolute Gasteiger partial charge is 0.290 e. The van der Waals surface area contributed by atoms with Gasteiger partial charge in [-0.05, 0) is 143 Å². The highest BCUT2D eigenvalue weighted by molar-refractivity contribution is 6.04. The number of hydrogen-bond acceptors (Lipinski definition) is 10. The number of ketones is 2. The molecule has 0 saturated heterocycles. The summed E-state index contributed by atoms with van der Waals surface area (Å²) in [4.78, 5) is 59.2. The first-order valence-electron chi connectivity index (χ1n) is 15.6. The maximum Gasteiger partial charge on any atom is 0.178 e. The number of nitrogens with zero attached hydrogens (tertiary/aromatic N) is 8. The van der Waals surface area contributed by atoms with Crippen LogP contribution in [0.15, 0.2) is 24.3 Å². The van der Waals surface area contributed by atoms with E-state index in [0.29, 0.717) is 23.0 Å². The molecular formula is C39H48N8O2. The Bertz CT molecular complexity index is 1900. The molecule has 0 fully saturated rings. The van der Waals surface area contributed by atoms with Crippen LogP contribution in [0.25, 0.3) is 24.3 Å². The van der Waals surface area contributed by atoms with E-state index in [2.05, 4.69) is 39.9 Å². The Hall–Kier alpha value is -5.38. The number of aromatic nitrogens is 8. The summed E-state index contributed by atoms with van der Waals surface area (Å²) >= 11 is 0. The first kappa shape index (κ1) is 39.8. The van der Waals surface area contributed by atoms with E-state index in [1.54, 1.807) is 24.3 Å². The van der Waals surface area contributed by atoms with Gasteiger partial charge in [-0.1, -0.05) is 7.43 Å². The zero-order chi connectivity index (χ0) is 35.7. The van der Waals surface area contributed by atoms with Crippen LogP contribution in [0.4, 0.5) is 0 Å². The molecular weight excluding hydrogens is 612 g/mol. The fraction of sp³-hybridized carbons (Fsp3) is 0.333. The molecule has 0 atom stereocenters. The van der Waals surface area contributed by atoms with Crippen LogP contribution in [0.5, 0.6) is 0 Å². The topological polar surface area (TPSA) is 137 Å². The lowest BCUT2D eigenvalue weighted by atomic mass is 10.1. The van der Waals surface area contributed by atoms with Gasteiger partial charge < -0.3 is 0 Å². The highest BCUT2D eigenvalue weighted by atomic mass is 16.1. The Morgan fingerprint density at radius 2 is 0.735 bits per heavy atom. The summed E-state index contributed by atoms with van der Waals surface area (Å²) in [7, 11) is 0. The van der Waals surface area contributed by atoms with Crippen molar-refractivity contribution < 1.29 is 9.59 Å². The van der Waals surface area contributed by atoms with E-state index >= 15 is 0 Å². The Morgan fingerprint density at radius 1 is 0.367 bits per heavy atom. The molecule has 0 radical (unpaired) electrons. The Balaban J connectivity index is 0.000000333. The molecule has 4 rings (SSSR count). The summed E-state index contributed by atoms with van der Waals surface area (Å²) in [6, 6.07) is 0. The standard InChI is InChI=1S/2C19H22N4O.CH4/c1-11-13(3)22-18(15(5)20-11)9-7-17(24)8-10-19-16(6)21-12(2)14(4)23-19;1-11-13(3)21-19(22-14(11)4)10-8-17(24)7-9-18-12(2)15(5)20-16(6)23-18;/h2*7-10H,1-6H3;1H4/b2*9-7+,10-8+;. The van der Waals surface area contributed by atoms with Gasteiger partial charge in [-0.2, -0.15) is 0 Å². The molecule has 4 aromatic heterocycles. The van der Waals surface area contributed by atoms with Crippen LogP contribution in [-0.4, -0.2) is 51.4 Å². The number of rotatable bonds is 8. The second kappa shape index (κ2) is 17.7. The molecule has 256 valence electrons. The van der Waals surface area contributed by atoms with E-state index in [0.717, 1.165) is 68.1 Å². The van der Waals surface area contributed by atoms with E-state index < -0.39 is 0 Å². The van der Waals surface area contributed by atoms with E-state index in [9.17, 15) is 9.59 Å². The lowest BCUT2D eigenvalue weighted by molar-refractivity contribution is -0.111. The predicted molar refractivity (Wildman–Crippen MR) is 198 cm³/mol. The first-order valence-corrected chi connectivity index (χ1v) is 15.6. The molecule has 0 saturated carbocycles. The normalized spacial score (nSPS) is 11.3. The second-order valence-corrected chi connectivity index (χ2v) is 11.6. The lowest BCUT2D eigenvalue weighted by Gasteiger charge is -2.04. The van der Waals surface area contributed by atoms with Gasteiger partial charge >= 0.3 is 0 Å². The summed E-state index contributed by atoms with van der Waals surface area (Å²) in [5, 5.41) is 0. The van der Waals surface area contributed by atoms with Gasteiger partial charge in [-0.15, -0.1) is 0 Å². The fourth-order valence-corrected chi connectivity index (χ4v) is 4.36. The fourth-order valence-electron chi connectivity index (χ4n) is 4.36.